The van der Waals surface area contributed by atoms with E-state index in [9.17, 15) is 25.2 Å². The lowest BCUT2D eigenvalue weighted by Crippen LogP contribution is -2.60. The summed E-state index contributed by atoms with van der Waals surface area (Å²) in [5.41, 5.74) is 2.06. The molecule has 32 heavy (non-hydrogen) atoms. The van der Waals surface area contributed by atoms with E-state index < -0.39 is 37.3 Å². The molecule has 1 aliphatic heterocycles. The number of fused-ring (bicyclic) bond motifs is 3. The van der Waals surface area contributed by atoms with Crippen LogP contribution in [0.2, 0.25) is 0 Å². The Morgan fingerprint density at radius 2 is 1.94 bits per heavy atom. The van der Waals surface area contributed by atoms with Crippen LogP contribution in [0.4, 0.5) is 0 Å². The zero-order chi connectivity index (χ0) is 23.0. The maximum Gasteiger partial charge on any atom is 0.309 e. The second-order valence-electron chi connectivity index (χ2n) is 7.99. The SMILES string of the molecule is CCOC(=O)C1CCc2c(c(OC3OC(CO)C(O)C(O)C3O)c(OC)c3occc23)C1. The highest BCUT2D eigenvalue weighted by Gasteiger charge is 2.45. The zero-order valence-corrected chi connectivity index (χ0v) is 17.9. The monoisotopic (exact) mass is 452 g/mol. The summed E-state index contributed by atoms with van der Waals surface area (Å²) in [6.45, 7) is 1.45. The van der Waals surface area contributed by atoms with Crippen LogP contribution in [0.1, 0.15) is 24.5 Å². The van der Waals surface area contributed by atoms with Gasteiger partial charge in [-0.1, -0.05) is 0 Å². The summed E-state index contributed by atoms with van der Waals surface area (Å²) in [4.78, 5) is 12.4. The molecule has 1 aliphatic carbocycles. The molecule has 4 N–H and O–H groups in total. The minimum absolute atomic E-state index is 0.211. The molecule has 0 bridgehead atoms. The predicted octanol–water partition coefficient (Wildman–Crippen LogP) is 0.288. The van der Waals surface area contributed by atoms with Gasteiger partial charge in [-0.15, -0.1) is 0 Å². The van der Waals surface area contributed by atoms with E-state index in [1.54, 1.807) is 6.92 Å². The van der Waals surface area contributed by atoms with Gasteiger partial charge in [-0.25, -0.2) is 0 Å². The molecule has 1 aromatic heterocycles. The minimum atomic E-state index is -1.59. The fourth-order valence-corrected chi connectivity index (χ4v) is 4.48. The average Bonchev–Trinajstić information content (AvgIpc) is 3.29. The topological polar surface area (TPSA) is 148 Å². The van der Waals surface area contributed by atoms with Crippen molar-refractivity contribution < 1.29 is 48.6 Å². The molecular formula is C22H28O10. The van der Waals surface area contributed by atoms with Gasteiger partial charge in [0, 0.05) is 10.9 Å². The normalized spacial score (nSPS) is 30.1. The van der Waals surface area contributed by atoms with E-state index in [2.05, 4.69) is 0 Å². The number of furan rings is 1. The van der Waals surface area contributed by atoms with Gasteiger partial charge in [0.15, 0.2) is 11.3 Å². The average molecular weight is 452 g/mol. The Morgan fingerprint density at radius 1 is 1.16 bits per heavy atom. The first kappa shape index (κ1) is 22.8. The number of aliphatic hydroxyl groups is 4. The molecule has 1 saturated heterocycles. The van der Waals surface area contributed by atoms with Crippen molar-refractivity contribution in [2.24, 2.45) is 5.92 Å². The molecule has 1 aromatic carbocycles. The van der Waals surface area contributed by atoms with Crippen molar-refractivity contribution in [1.82, 2.24) is 0 Å². The Labute approximate surface area is 184 Å². The molecule has 4 rings (SSSR count). The third-order valence-electron chi connectivity index (χ3n) is 6.14. The number of esters is 1. The lowest BCUT2D eigenvalue weighted by Gasteiger charge is -2.40. The van der Waals surface area contributed by atoms with E-state index >= 15 is 0 Å². The van der Waals surface area contributed by atoms with Gasteiger partial charge >= 0.3 is 5.97 Å². The summed E-state index contributed by atoms with van der Waals surface area (Å²) in [5, 5.41) is 41.0. The molecule has 0 radical (unpaired) electrons. The van der Waals surface area contributed by atoms with Crippen molar-refractivity contribution in [3.05, 3.63) is 23.5 Å². The van der Waals surface area contributed by atoms with Crippen LogP contribution in [0.15, 0.2) is 16.7 Å². The highest BCUT2D eigenvalue weighted by molar-refractivity contribution is 5.91. The van der Waals surface area contributed by atoms with Crippen LogP contribution in [0.5, 0.6) is 11.5 Å². The number of hydrogen-bond acceptors (Lipinski definition) is 10. The second-order valence-corrected chi connectivity index (χ2v) is 7.99. The number of aliphatic hydroxyl groups excluding tert-OH is 4. The third-order valence-corrected chi connectivity index (χ3v) is 6.14. The Kier molecular flexibility index (Phi) is 6.59. The lowest BCUT2D eigenvalue weighted by atomic mass is 9.81. The van der Waals surface area contributed by atoms with E-state index in [0.717, 1.165) is 10.9 Å². The molecule has 2 heterocycles. The molecule has 10 nitrogen and oxygen atoms in total. The van der Waals surface area contributed by atoms with Gasteiger partial charge in [0.2, 0.25) is 12.0 Å². The summed E-state index contributed by atoms with van der Waals surface area (Å²) < 4.78 is 27.9. The number of methoxy groups -OCH3 is 1. The number of carbonyl (C=O) groups excluding carboxylic acids is 1. The van der Waals surface area contributed by atoms with Crippen LogP contribution in [-0.4, -0.2) is 77.4 Å². The summed E-state index contributed by atoms with van der Waals surface area (Å²) >= 11 is 0. The summed E-state index contributed by atoms with van der Waals surface area (Å²) in [6, 6.07) is 1.82. The first-order valence-electron chi connectivity index (χ1n) is 10.6. The van der Waals surface area contributed by atoms with Crippen molar-refractivity contribution in [2.75, 3.05) is 20.3 Å². The highest BCUT2D eigenvalue weighted by Crippen LogP contribution is 2.47. The van der Waals surface area contributed by atoms with Crippen molar-refractivity contribution in [3.63, 3.8) is 0 Å². The minimum Gasteiger partial charge on any atom is -0.490 e. The second kappa shape index (κ2) is 9.24. The van der Waals surface area contributed by atoms with E-state index in [1.165, 1.54) is 13.4 Å². The highest BCUT2D eigenvalue weighted by atomic mass is 16.7. The molecule has 6 unspecified atom stereocenters. The van der Waals surface area contributed by atoms with E-state index in [4.69, 9.17) is 23.4 Å². The Morgan fingerprint density at radius 3 is 2.62 bits per heavy atom. The van der Waals surface area contributed by atoms with Crippen LogP contribution in [0, 0.1) is 5.92 Å². The van der Waals surface area contributed by atoms with Crippen LogP contribution in [-0.2, 0) is 27.1 Å². The summed E-state index contributed by atoms with van der Waals surface area (Å²) in [5.74, 6) is -0.217. The van der Waals surface area contributed by atoms with Gasteiger partial charge in [-0.3, -0.25) is 4.79 Å². The molecule has 6 atom stereocenters. The van der Waals surface area contributed by atoms with Gasteiger partial charge in [0.25, 0.3) is 0 Å². The van der Waals surface area contributed by atoms with Gasteiger partial charge in [0.1, 0.15) is 24.4 Å². The van der Waals surface area contributed by atoms with Gasteiger partial charge in [-0.05, 0) is 37.8 Å². The van der Waals surface area contributed by atoms with Crippen molar-refractivity contribution in [2.45, 2.75) is 56.9 Å². The van der Waals surface area contributed by atoms with Crippen molar-refractivity contribution in [3.8, 4) is 11.5 Å². The van der Waals surface area contributed by atoms with Crippen LogP contribution in [0.3, 0.4) is 0 Å². The van der Waals surface area contributed by atoms with Crippen LogP contribution in [0.25, 0.3) is 11.0 Å². The smallest absolute Gasteiger partial charge is 0.309 e. The Hall–Kier alpha value is -2.37. The molecule has 0 amide bonds. The van der Waals surface area contributed by atoms with Crippen molar-refractivity contribution in [1.29, 1.82) is 0 Å². The molecule has 2 aromatic rings. The Balaban J connectivity index is 1.77. The number of ether oxygens (including phenoxy) is 4. The van der Waals surface area contributed by atoms with Crippen LogP contribution >= 0.6 is 0 Å². The molecule has 10 heteroatoms. The molecule has 0 saturated carbocycles. The summed E-state index contributed by atoms with van der Waals surface area (Å²) in [7, 11) is 1.44. The molecule has 1 fully saturated rings. The number of carbonyl (C=O) groups is 1. The molecular weight excluding hydrogens is 424 g/mol. The van der Waals surface area contributed by atoms with Crippen LogP contribution < -0.4 is 9.47 Å². The van der Waals surface area contributed by atoms with E-state index in [1.807, 2.05) is 6.07 Å². The Bertz CT molecular complexity index is 967. The largest absolute Gasteiger partial charge is 0.490 e. The number of aryl methyl sites for hydroxylation is 1. The van der Waals surface area contributed by atoms with Gasteiger partial charge < -0.3 is 43.8 Å². The predicted molar refractivity (Wildman–Crippen MR) is 109 cm³/mol. The first-order chi connectivity index (χ1) is 15.4. The molecule has 2 aliphatic rings. The molecule has 176 valence electrons. The maximum absolute atomic E-state index is 12.4. The number of rotatable bonds is 6. The lowest BCUT2D eigenvalue weighted by molar-refractivity contribution is -0.277. The van der Waals surface area contributed by atoms with Gasteiger partial charge in [0.05, 0.1) is 32.5 Å². The maximum atomic E-state index is 12.4. The van der Waals surface area contributed by atoms with Crippen molar-refractivity contribution >= 4 is 16.9 Å². The van der Waals surface area contributed by atoms with Gasteiger partial charge in [-0.2, -0.15) is 0 Å². The fourth-order valence-electron chi connectivity index (χ4n) is 4.48. The fraction of sp³-hybridized carbons (Fsp3) is 0.591. The standard InChI is InChI=1S/C22H28O10/c1-3-29-21(27)10-4-5-11-12-6-7-30-18(12)20(28-2)19(13(11)8-10)32-22-17(26)16(25)15(24)14(9-23)31-22/h6-7,10,14-17,22-26H,3-5,8-9H2,1-2H3. The number of hydrogen-bond donors (Lipinski definition) is 4. The third kappa shape index (κ3) is 3.82. The number of benzene rings is 1. The zero-order valence-electron chi connectivity index (χ0n) is 17.9. The quantitative estimate of drug-likeness (QED) is 0.451. The molecule has 0 spiro atoms. The van der Waals surface area contributed by atoms with E-state index in [-0.39, 0.29) is 30.0 Å². The summed E-state index contributed by atoms with van der Waals surface area (Å²) in [6.07, 6.45) is -4.20. The first-order valence-corrected chi connectivity index (χ1v) is 10.6. The van der Waals surface area contributed by atoms with E-state index in [0.29, 0.717) is 30.4 Å².